The van der Waals surface area contributed by atoms with Crippen molar-refractivity contribution in [1.29, 1.82) is 0 Å². The number of rotatable bonds is 12. The number of fused-ring (bicyclic) bond motifs is 3. The summed E-state index contributed by atoms with van der Waals surface area (Å²) in [6.45, 7) is 0. The highest BCUT2D eigenvalue weighted by Crippen LogP contribution is 2.46. The van der Waals surface area contributed by atoms with Crippen LogP contribution < -0.4 is 15.4 Å². The number of azo groups is 2. The monoisotopic (exact) mass is 957 g/mol. The summed E-state index contributed by atoms with van der Waals surface area (Å²) < 4.78 is 110. The van der Waals surface area contributed by atoms with Gasteiger partial charge in [-0.3, -0.25) is 13.7 Å². The maximum Gasteiger partial charge on any atom is 0.297 e. The van der Waals surface area contributed by atoms with Crippen molar-refractivity contribution in [3.05, 3.63) is 114 Å². The molecular weight excluding hydrogens is 930 g/mol. The number of halogens is 1. The molecule has 0 saturated heterocycles. The molecule has 0 unspecified atom stereocenters. The maximum absolute atomic E-state index is 12.9. The molecule has 8 aromatic rings. The highest BCUT2D eigenvalue weighted by molar-refractivity contribution is 7.86. The summed E-state index contributed by atoms with van der Waals surface area (Å²) in [7, 11) is -13.2. The predicted octanol–water partition coefficient (Wildman–Crippen LogP) is 9.46. The number of nitrogens with one attached hydrogen (secondary N) is 2. The zero-order chi connectivity index (χ0) is 46.4. The van der Waals surface area contributed by atoms with Crippen LogP contribution in [0.1, 0.15) is 0 Å². The van der Waals surface area contributed by atoms with E-state index in [4.69, 9.17) is 16.3 Å². The van der Waals surface area contributed by atoms with Gasteiger partial charge >= 0.3 is 0 Å². The van der Waals surface area contributed by atoms with Crippen LogP contribution in [0.2, 0.25) is 5.28 Å². The molecule has 0 spiro atoms. The molecule has 0 saturated carbocycles. The number of aromatic nitrogens is 3. The fourth-order valence-corrected chi connectivity index (χ4v) is 9.15. The van der Waals surface area contributed by atoms with Gasteiger partial charge in [0, 0.05) is 21.5 Å². The lowest BCUT2D eigenvalue weighted by molar-refractivity contribution is 0.416. The van der Waals surface area contributed by atoms with Gasteiger partial charge in [0.25, 0.3) is 30.4 Å². The van der Waals surface area contributed by atoms with Gasteiger partial charge in [0.15, 0.2) is 11.5 Å². The molecule has 8 rings (SSSR count). The topological polar surface area (TPSA) is 325 Å². The molecule has 0 aliphatic heterocycles. The molecule has 21 nitrogen and oxygen atoms in total. The number of hydrogen-bond donors (Lipinski definition) is 7. The minimum Gasteiger partial charge on any atom is -0.505 e. The van der Waals surface area contributed by atoms with Crippen LogP contribution in [0, 0.1) is 0 Å². The molecule has 65 heavy (non-hydrogen) atoms. The van der Waals surface area contributed by atoms with Gasteiger partial charge < -0.3 is 25.6 Å². The lowest BCUT2D eigenvalue weighted by atomic mass is 10.1. The minimum absolute atomic E-state index is 0.0194. The number of phenols is 2. The molecule has 0 bridgehead atoms. The normalized spacial score (nSPS) is 12.4. The smallest absolute Gasteiger partial charge is 0.297 e. The van der Waals surface area contributed by atoms with Gasteiger partial charge in [-0.15, -0.1) is 15.3 Å². The second-order valence-electron chi connectivity index (χ2n) is 13.6. The number of phenolic OH excluding ortho intramolecular Hbond substituents is 2. The van der Waals surface area contributed by atoms with E-state index in [1.165, 1.54) is 86.0 Å². The minimum atomic E-state index is -5.04. The van der Waals surface area contributed by atoms with Gasteiger partial charge in [0.2, 0.25) is 17.2 Å². The Labute approximate surface area is 372 Å². The van der Waals surface area contributed by atoms with Crippen molar-refractivity contribution in [2.45, 2.75) is 14.7 Å². The summed E-state index contributed by atoms with van der Waals surface area (Å²) in [6, 6.07) is 25.4. The Bertz CT molecular complexity index is 3690. The number of benzene rings is 7. The van der Waals surface area contributed by atoms with E-state index < -0.39 is 62.6 Å². The summed E-state index contributed by atoms with van der Waals surface area (Å²) >= 11 is 6.27. The van der Waals surface area contributed by atoms with Crippen molar-refractivity contribution < 1.29 is 53.9 Å². The van der Waals surface area contributed by atoms with Gasteiger partial charge in [0.05, 0.1) is 24.2 Å². The number of anilines is 4. The third-order valence-corrected chi connectivity index (χ3v) is 12.4. The van der Waals surface area contributed by atoms with E-state index in [0.29, 0.717) is 16.8 Å². The van der Waals surface area contributed by atoms with Crippen LogP contribution in [0.3, 0.4) is 0 Å². The Morgan fingerprint density at radius 1 is 0.569 bits per heavy atom. The molecule has 0 atom stereocenters. The number of aromatic hydroxyl groups is 2. The van der Waals surface area contributed by atoms with E-state index in [-0.39, 0.29) is 66.5 Å². The number of nitrogens with zero attached hydrogens (tertiary/aromatic N) is 7. The van der Waals surface area contributed by atoms with Gasteiger partial charge in [-0.1, -0.05) is 48.5 Å². The molecule has 0 fully saturated rings. The van der Waals surface area contributed by atoms with E-state index in [1.54, 1.807) is 24.3 Å². The Morgan fingerprint density at radius 3 is 1.92 bits per heavy atom. The van der Waals surface area contributed by atoms with E-state index in [2.05, 4.69) is 46.0 Å². The first-order valence-corrected chi connectivity index (χ1v) is 22.9. The van der Waals surface area contributed by atoms with Crippen LogP contribution in [-0.2, 0) is 30.4 Å². The largest absolute Gasteiger partial charge is 0.505 e. The second kappa shape index (κ2) is 16.9. The Morgan fingerprint density at radius 2 is 1.22 bits per heavy atom. The first kappa shape index (κ1) is 44.2. The summed E-state index contributed by atoms with van der Waals surface area (Å²) in [5.41, 5.74) is -0.518. The third kappa shape index (κ3) is 9.02. The van der Waals surface area contributed by atoms with E-state index in [1.807, 2.05) is 0 Å². The standard InChI is InChI=1S/C40H28ClN9O12S3/c1-62-30-10-3-2-8-26(30)48-49-28-16-15-25-24(35(28)51)14-17-29(37(25)65(59,60)61)43-40-45-38(41)44-39(46-40)42-27-9-4-7-21-19-32(64(56,57)58)34(36(52)33(21)27)50-47-22-12-13-23-20(18-22)6-5-11-31(23)63(53,54)55/h2-19,51-52H,1H3,(H,53,54,55)(H,56,57,58)(H,59,60,61)(H2,42,43,44,45,46). The van der Waals surface area contributed by atoms with E-state index in [9.17, 15) is 49.1 Å². The second-order valence-corrected chi connectivity index (χ2v) is 18.1. The first-order valence-electron chi connectivity index (χ1n) is 18.2. The molecule has 1 heterocycles. The third-order valence-electron chi connectivity index (χ3n) is 9.53. The zero-order valence-electron chi connectivity index (χ0n) is 32.7. The van der Waals surface area contributed by atoms with Crippen LogP contribution in [-0.4, -0.2) is 71.2 Å². The Balaban J connectivity index is 1.14. The van der Waals surface area contributed by atoms with Crippen molar-refractivity contribution >= 4 is 120 Å². The molecule has 0 aliphatic carbocycles. The fourth-order valence-electron chi connectivity index (χ4n) is 6.76. The number of ether oxygens (including phenoxy) is 1. The highest BCUT2D eigenvalue weighted by atomic mass is 35.5. The predicted molar refractivity (Wildman–Crippen MR) is 237 cm³/mol. The van der Waals surface area contributed by atoms with Crippen molar-refractivity contribution in [2.75, 3.05) is 17.7 Å². The Hall–Kier alpha value is -7.45. The first-order chi connectivity index (χ1) is 30.8. The average Bonchev–Trinajstić information content (AvgIpc) is 3.24. The van der Waals surface area contributed by atoms with Crippen LogP contribution in [0.4, 0.5) is 46.0 Å². The van der Waals surface area contributed by atoms with Crippen molar-refractivity contribution in [3.8, 4) is 17.2 Å². The molecule has 25 heteroatoms. The molecule has 7 aromatic carbocycles. The zero-order valence-corrected chi connectivity index (χ0v) is 35.9. The number of hydrogen-bond acceptors (Lipinski definition) is 18. The molecule has 1 aromatic heterocycles. The highest BCUT2D eigenvalue weighted by Gasteiger charge is 2.26. The van der Waals surface area contributed by atoms with Gasteiger partial charge in [-0.05, 0) is 83.0 Å². The molecule has 0 radical (unpaired) electrons. The molecular formula is C40H28ClN9O12S3. The summed E-state index contributed by atoms with van der Waals surface area (Å²) in [5, 5.41) is 44.3. The average molecular weight is 958 g/mol. The quantitative estimate of drug-likeness (QED) is 0.0442. The van der Waals surface area contributed by atoms with Crippen molar-refractivity contribution in [1.82, 2.24) is 15.0 Å². The summed E-state index contributed by atoms with van der Waals surface area (Å²) in [6.07, 6.45) is 0. The lowest BCUT2D eigenvalue weighted by Crippen LogP contribution is -2.08. The van der Waals surface area contributed by atoms with Crippen LogP contribution in [0.15, 0.2) is 144 Å². The fraction of sp³-hybridized carbons (Fsp3) is 0.0250. The Kier molecular flexibility index (Phi) is 11.5. The SMILES string of the molecule is COc1ccccc1N=Nc1ccc2c(S(=O)(=O)O)c(Nc3nc(Cl)nc(Nc4cccc5cc(S(=O)(=O)O)c(N=Nc6ccc7c(S(=O)(=O)O)cccc7c6)c(O)c45)n3)ccc2c1O. The van der Waals surface area contributed by atoms with Crippen LogP contribution in [0.5, 0.6) is 17.2 Å². The maximum atomic E-state index is 12.9. The van der Waals surface area contributed by atoms with E-state index in [0.717, 1.165) is 6.07 Å². The van der Waals surface area contributed by atoms with Crippen LogP contribution >= 0.6 is 11.6 Å². The molecule has 330 valence electrons. The molecule has 7 N–H and O–H groups in total. The summed E-state index contributed by atoms with van der Waals surface area (Å²) in [4.78, 5) is 10.5. The molecule has 0 aliphatic rings. The number of para-hydroxylation sites is 1. The van der Waals surface area contributed by atoms with Crippen molar-refractivity contribution in [3.63, 3.8) is 0 Å². The van der Waals surface area contributed by atoms with Crippen LogP contribution in [0.25, 0.3) is 32.3 Å². The number of methoxy groups -OCH3 is 1. The summed E-state index contributed by atoms with van der Waals surface area (Å²) in [5.74, 6) is -1.46. The van der Waals surface area contributed by atoms with Gasteiger partial charge in [-0.2, -0.15) is 45.3 Å². The van der Waals surface area contributed by atoms with Gasteiger partial charge in [-0.25, -0.2) is 0 Å². The lowest BCUT2D eigenvalue weighted by Gasteiger charge is -2.15. The van der Waals surface area contributed by atoms with Crippen molar-refractivity contribution in [2.24, 2.45) is 20.5 Å². The van der Waals surface area contributed by atoms with Gasteiger partial charge in [0.1, 0.15) is 37.5 Å². The molecule has 0 amide bonds. The van der Waals surface area contributed by atoms with E-state index >= 15 is 0 Å².